The molecule has 1 aliphatic heterocycles. The van der Waals surface area contributed by atoms with Crippen LogP contribution in [0.25, 0.3) is 0 Å². The molecule has 1 aromatic heterocycles. The quantitative estimate of drug-likeness (QED) is 0.782. The number of aryl methyl sites for hydroxylation is 1. The van der Waals surface area contributed by atoms with E-state index in [9.17, 15) is 13.2 Å². The molecule has 1 aromatic rings. The van der Waals surface area contributed by atoms with Gasteiger partial charge in [0, 0.05) is 37.8 Å². The minimum absolute atomic E-state index is 0.0918. The van der Waals surface area contributed by atoms with Crippen molar-refractivity contribution in [3.8, 4) is 0 Å². The standard InChI is InChI=1S/C20H32N4O3S/c1-3-23-13-18(12-21-23)28(26,27)24-8-6-16(7-9-24)20(25)22-14(2)19-11-15-4-5-17(19)10-15/h12-17,19H,3-11H2,1-2H3,(H,22,25). The number of hydrogen-bond acceptors (Lipinski definition) is 4. The molecule has 2 saturated carbocycles. The predicted molar refractivity (Wildman–Crippen MR) is 106 cm³/mol. The zero-order chi connectivity index (χ0) is 19.9. The topological polar surface area (TPSA) is 84.3 Å². The summed E-state index contributed by atoms with van der Waals surface area (Å²) < 4.78 is 28.7. The van der Waals surface area contributed by atoms with Crippen LogP contribution < -0.4 is 5.32 Å². The van der Waals surface area contributed by atoms with E-state index in [1.165, 1.54) is 36.2 Å². The van der Waals surface area contributed by atoms with Crippen LogP contribution >= 0.6 is 0 Å². The van der Waals surface area contributed by atoms with Crippen LogP contribution in [0.1, 0.15) is 52.4 Å². The summed E-state index contributed by atoms with van der Waals surface area (Å²) in [6.45, 7) is 5.48. The van der Waals surface area contributed by atoms with E-state index in [0.29, 0.717) is 38.4 Å². The second kappa shape index (κ2) is 7.78. The third-order valence-corrected chi connectivity index (χ3v) is 9.05. The van der Waals surface area contributed by atoms with Crippen LogP contribution in [-0.2, 0) is 21.4 Å². The molecule has 3 fully saturated rings. The molecule has 1 amide bonds. The Morgan fingerprint density at radius 2 is 2.00 bits per heavy atom. The minimum atomic E-state index is -3.52. The number of sulfonamides is 1. The van der Waals surface area contributed by atoms with Crippen LogP contribution in [0.15, 0.2) is 17.3 Å². The third-order valence-electron chi connectivity index (χ3n) is 7.20. The van der Waals surface area contributed by atoms with E-state index in [2.05, 4.69) is 17.3 Å². The first-order valence-corrected chi connectivity index (χ1v) is 12.2. The molecule has 2 bridgehead atoms. The number of amides is 1. The highest BCUT2D eigenvalue weighted by Crippen LogP contribution is 2.49. The molecular formula is C20H32N4O3S. The number of rotatable bonds is 6. The number of piperidine rings is 1. The summed E-state index contributed by atoms with van der Waals surface area (Å²) in [5.74, 6) is 2.30. The van der Waals surface area contributed by atoms with Crippen molar-refractivity contribution in [1.29, 1.82) is 0 Å². The average molecular weight is 409 g/mol. The van der Waals surface area contributed by atoms with Gasteiger partial charge in [-0.15, -0.1) is 0 Å². The summed E-state index contributed by atoms with van der Waals surface area (Å²) in [6, 6.07) is 0.226. The van der Waals surface area contributed by atoms with Crippen molar-refractivity contribution >= 4 is 15.9 Å². The van der Waals surface area contributed by atoms with E-state index in [1.54, 1.807) is 10.9 Å². The van der Waals surface area contributed by atoms with Crippen molar-refractivity contribution in [2.24, 2.45) is 23.7 Å². The van der Waals surface area contributed by atoms with Gasteiger partial charge in [-0.2, -0.15) is 9.40 Å². The van der Waals surface area contributed by atoms with E-state index in [0.717, 1.165) is 11.8 Å². The molecule has 3 aliphatic rings. The Balaban J connectivity index is 1.30. The Morgan fingerprint density at radius 1 is 1.25 bits per heavy atom. The van der Waals surface area contributed by atoms with E-state index in [4.69, 9.17) is 0 Å². The summed E-state index contributed by atoms with van der Waals surface area (Å²) in [4.78, 5) is 13.0. The maximum atomic E-state index is 12.8. The second-order valence-corrected chi connectivity index (χ2v) is 10.8. The molecule has 0 spiro atoms. The molecule has 1 N–H and O–H groups in total. The van der Waals surface area contributed by atoms with Crippen molar-refractivity contribution in [2.45, 2.75) is 69.9 Å². The lowest BCUT2D eigenvalue weighted by atomic mass is 9.83. The number of nitrogens with zero attached hydrogens (tertiary/aromatic N) is 3. The van der Waals surface area contributed by atoms with Gasteiger partial charge in [0.1, 0.15) is 4.90 Å². The zero-order valence-corrected chi connectivity index (χ0v) is 17.7. The van der Waals surface area contributed by atoms with Crippen molar-refractivity contribution in [3.63, 3.8) is 0 Å². The van der Waals surface area contributed by atoms with Gasteiger partial charge >= 0.3 is 0 Å². The highest BCUT2D eigenvalue weighted by atomic mass is 32.2. The molecule has 1 saturated heterocycles. The smallest absolute Gasteiger partial charge is 0.246 e. The Bertz CT molecular complexity index is 813. The fraction of sp³-hybridized carbons (Fsp3) is 0.800. The molecule has 2 aliphatic carbocycles. The number of aromatic nitrogens is 2. The van der Waals surface area contributed by atoms with E-state index in [1.807, 2.05) is 6.92 Å². The molecule has 2 heterocycles. The van der Waals surface area contributed by atoms with Crippen LogP contribution in [0.3, 0.4) is 0 Å². The summed E-state index contributed by atoms with van der Waals surface area (Å²) in [6.07, 6.45) is 9.43. The highest BCUT2D eigenvalue weighted by Gasteiger charge is 2.42. The van der Waals surface area contributed by atoms with Gasteiger partial charge in [-0.25, -0.2) is 8.42 Å². The third kappa shape index (κ3) is 3.73. The van der Waals surface area contributed by atoms with Crippen LogP contribution in [0, 0.1) is 23.7 Å². The Labute approximate surface area is 167 Å². The van der Waals surface area contributed by atoms with Gasteiger partial charge in [-0.3, -0.25) is 9.48 Å². The fourth-order valence-electron chi connectivity index (χ4n) is 5.51. The van der Waals surface area contributed by atoms with Gasteiger partial charge in [0.25, 0.3) is 0 Å². The van der Waals surface area contributed by atoms with Crippen molar-refractivity contribution in [1.82, 2.24) is 19.4 Å². The van der Waals surface area contributed by atoms with Crippen LogP contribution in [0.4, 0.5) is 0 Å². The number of carbonyl (C=O) groups is 1. The maximum Gasteiger partial charge on any atom is 0.246 e. The van der Waals surface area contributed by atoms with Gasteiger partial charge in [0.15, 0.2) is 0 Å². The van der Waals surface area contributed by atoms with Crippen molar-refractivity contribution in [3.05, 3.63) is 12.4 Å². The van der Waals surface area contributed by atoms with E-state index < -0.39 is 10.0 Å². The van der Waals surface area contributed by atoms with E-state index in [-0.39, 0.29) is 22.8 Å². The Hall–Kier alpha value is -1.41. The molecule has 4 unspecified atom stereocenters. The Morgan fingerprint density at radius 3 is 2.57 bits per heavy atom. The lowest BCUT2D eigenvalue weighted by Gasteiger charge is -2.33. The number of carbonyl (C=O) groups excluding carboxylic acids is 1. The lowest BCUT2D eigenvalue weighted by molar-refractivity contribution is -0.127. The summed E-state index contributed by atoms with van der Waals surface area (Å²) >= 11 is 0. The van der Waals surface area contributed by atoms with Crippen molar-refractivity contribution in [2.75, 3.05) is 13.1 Å². The first-order valence-electron chi connectivity index (χ1n) is 10.7. The zero-order valence-electron chi connectivity index (χ0n) is 16.9. The second-order valence-electron chi connectivity index (χ2n) is 8.85. The molecule has 156 valence electrons. The summed E-state index contributed by atoms with van der Waals surface area (Å²) in [7, 11) is -3.52. The van der Waals surface area contributed by atoms with Gasteiger partial charge < -0.3 is 5.32 Å². The van der Waals surface area contributed by atoms with E-state index >= 15 is 0 Å². The normalized spacial score (nSPS) is 29.9. The number of nitrogens with one attached hydrogen (secondary N) is 1. The first kappa shape index (κ1) is 19.9. The average Bonchev–Trinajstić information content (AvgIpc) is 3.44. The van der Waals surface area contributed by atoms with Crippen LogP contribution in [0.5, 0.6) is 0 Å². The Kier molecular flexibility index (Phi) is 5.53. The minimum Gasteiger partial charge on any atom is -0.353 e. The summed E-state index contributed by atoms with van der Waals surface area (Å²) in [5.41, 5.74) is 0. The van der Waals surface area contributed by atoms with Gasteiger partial charge in [0.05, 0.1) is 6.20 Å². The molecule has 4 atom stereocenters. The number of hydrogen-bond donors (Lipinski definition) is 1. The molecule has 0 radical (unpaired) electrons. The first-order chi connectivity index (χ1) is 13.4. The van der Waals surface area contributed by atoms with Crippen LogP contribution in [0.2, 0.25) is 0 Å². The molecule has 7 nitrogen and oxygen atoms in total. The highest BCUT2D eigenvalue weighted by molar-refractivity contribution is 7.89. The van der Waals surface area contributed by atoms with Gasteiger partial charge in [-0.05, 0) is 63.7 Å². The molecule has 8 heteroatoms. The van der Waals surface area contributed by atoms with Gasteiger partial charge in [-0.1, -0.05) is 6.42 Å². The van der Waals surface area contributed by atoms with Gasteiger partial charge in [0.2, 0.25) is 15.9 Å². The molecule has 28 heavy (non-hydrogen) atoms. The molecule has 4 rings (SSSR count). The molecule has 0 aromatic carbocycles. The SMILES string of the molecule is CCn1cc(S(=O)(=O)N2CCC(C(=O)NC(C)C3CC4CCC3C4)CC2)cn1. The van der Waals surface area contributed by atoms with Crippen molar-refractivity contribution < 1.29 is 13.2 Å². The monoisotopic (exact) mass is 408 g/mol. The lowest BCUT2D eigenvalue weighted by Crippen LogP contribution is -2.47. The predicted octanol–water partition coefficient (Wildman–Crippen LogP) is 2.24. The van der Waals surface area contributed by atoms with Crippen LogP contribution in [-0.4, -0.2) is 47.5 Å². The fourth-order valence-corrected chi connectivity index (χ4v) is 6.94. The maximum absolute atomic E-state index is 12.8. The summed E-state index contributed by atoms with van der Waals surface area (Å²) in [5, 5.41) is 7.32. The number of fused-ring (bicyclic) bond motifs is 2. The largest absolute Gasteiger partial charge is 0.353 e. The molecular weight excluding hydrogens is 376 g/mol.